The van der Waals surface area contributed by atoms with Crippen molar-refractivity contribution in [2.45, 2.75) is 44.6 Å². The van der Waals surface area contributed by atoms with Crippen molar-refractivity contribution in [1.82, 2.24) is 14.9 Å². The summed E-state index contributed by atoms with van der Waals surface area (Å²) in [6.45, 7) is 5.61. The quantitative estimate of drug-likeness (QED) is 0.491. The van der Waals surface area contributed by atoms with Gasteiger partial charge in [-0.25, -0.2) is 4.98 Å². The Kier molecular flexibility index (Phi) is 6.95. The van der Waals surface area contributed by atoms with Crippen LogP contribution in [0.5, 0.6) is 0 Å². The number of amides is 1. The number of pyridine rings is 2. The van der Waals surface area contributed by atoms with Crippen LogP contribution in [0.1, 0.15) is 44.6 Å². The van der Waals surface area contributed by atoms with Crippen LogP contribution in [-0.4, -0.2) is 64.8 Å². The fourth-order valence-electron chi connectivity index (χ4n) is 5.25. The number of likely N-dealkylation sites (tertiary alicyclic amines) is 1. The highest BCUT2D eigenvalue weighted by Crippen LogP contribution is 2.39. The van der Waals surface area contributed by atoms with Crippen LogP contribution in [0.2, 0.25) is 0 Å². The van der Waals surface area contributed by atoms with Crippen LogP contribution in [0.3, 0.4) is 0 Å². The molecule has 2 aromatic heterocycles. The van der Waals surface area contributed by atoms with Crippen molar-refractivity contribution >= 4 is 17.9 Å². The summed E-state index contributed by atoms with van der Waals surface area (Å²) in [5.74, 6) is 2.04. The Hall–Kier alpha value is -3.06. The summed E-state index contributed by atoms with van der Waals surface area (Å²) in [7, 11) is 0. The summed E-state index contributed by atoms with van der Waals surface area (Å²) in [6.07, 6.45) is 12.0. The lowest BCUT2D eigenvalue weighted by Crippen LogP contribution is -2.36. The van der Waals surface area contributed by atoms with E-state index in [-0.39, 0.29) is 5.91 Å². The van der Waals surface area contributed by atoms with Gasteiger partial charge in [-0.15, -0.1) is 0 Å². The van der Waals surface area contributed by atoms with E-state index in [9.17, 15) is 9.90 Å². The molecule has 4 heterocycles. The molecule has 7 heteroatoms. The largest absolute Gasteiger partial charge is 0.383 e. The van der Waals surface area contributed by atoms with Crippen LogP contribution in [0.15, 0.2) is 65.1 Å². The number of hydrogen-bond donors (Lipinski definition) is 1. The molecule has 3 fully saturated rings. The van der Waals surface area contributed by atoms with E-state index in [4.69, 9.17) is 4.99 Å². The van der Waals surface area contributed by atoms with E-state index in [1.54, 1.807) is 17.3 Å². The number of carbonyl (C=O) groups is 1. The van der Waals surface area contributed by atoms with Crippen molar-refractivity contribution in [3.8, 4) is 0 Å². The average Bonchev–Trinajstić information content (AvgIpc) is 3.68. The zero-order valence-corrected chi connectivity index (χ0v) is 20.5. The molecule has 1 unspecified atom stereocenters. The van der Waals surface area contributed by atoms with Crippen molar-refractivity contribution in [2.24, 2.45) is 16.8 Å². The molecule has 7 nitrogen and oxygen atoms in total. The molecule has 0 aromatic carbocycles. The van der Waals surface area contributed by atoms with E-state index in [2.05, 4.69) is 27.9 Å². The molecule has 5 rings (SSSR count). The van der Waals surface area contributed by atoms with Crippen molar-refractivity contribution in [3.63, 3.8) is 0 Å². The van der Waals surface area contributed by atoms with Gasteiger partial charge in [-0.05, 0) is 69.1 Å². The minimum atomic E-state index is -1.04. The highest BCUT2D eigenvalue weighted by molar-refractivity contribution is 6.13. The topological polar surface area (TPSA) is 81.9 Å². The van der Waals surface area contributed by atoms with Crippen LogP contribution in [0.25, 0.3) is 0 Å². The number of hydrogen-bond acceptors (Lipinski definition) is 6. The summed E-state index contributed by atoms with van der Waals surface area (Å²) in [5, 5.41) is 11.2. The number of piperidine rings is 1. The van der Waals surface area contributed by atoms with Gasteiger partial charge in [0.25, 0.3) is 5.91 Å². The molecule has 1 saturated carbocycles. The molecule has 0 spiro atoms. The normalized spacial score (nSPS) is 24.2. The molecule has 2 aromatic rings. The SMILES string of the molecule is C/C(=C(\C=N/CC1CCN(c2ccccn2)CC1)C(=O)N1CCC(O)(c2cccnc2)C1)C1CC1. The third-order valence-electron chi connectivity index (χ3n) is 7.75. The number of anilines is 1. The molecule has 1 N–H and O–H groups in total. The molecule has 1 atom stereocenters. The zero-order chi connectivity index (χ0) is 24.3. The Balaban J connectivity index is 1.21. The van der Waals surface area contributed by atoms with Crippen LogP contribution in [-0.2, 0) is 10.4 Å². The summed E-state index contributed by atoms with van der Waals surface area (Å²) < 4.78 is 0. The summed E-state index contributed by atoms with van der Waals surface area (Å²) in [4.78, 5) is 31.1. The molecule has 184 valence electrons. The Morgan fingerprint density at radius 3 is 2.66 bits per heavy atom. The maximum absolute atomic E-state index is 13.6. The third-order valence-corrected chi connectivity index (χ3v) is 7.75. The Morgan fingerprint density at radius 2 is 1.97 bits per heavy atom. The molecule has 1 aliphatic carbocycles. The first kappa shape index (κ1) is 23.7. The fraction of sp³-hybridized carbons (Fsp3) is 0.500. The van der Waals surface area contributed by atoms with Gasteiger partial charge in [0, 0.05) is 56.5 Å². The highest BCUT2D eigenvalue weighted by Gasteiger charge is 2.41. The number of carbonyl (C=O) groups excluding carboxylic acids is 1. The van der Waals surface area contributed by atoms with Crippen LogP contribution < -0.4 is 4.90 Å². The smallest absolute Gasteiger partial charge is 0.255 e. The monoisotopic (exact) mass is 473 g/mol. The van der Waals surface area contributed by atoms with E-state index in [0.717, 1.165) is 62.3 Å². The lowest BCUT2D eigenvalue weighted by molar-refractivity contribution is -0.126. The van der Waals surface area contributed by atoms with Crippen LogP contribution in [0.4, 0.5) is 5.82 Å². The van der Waals surface area contributed by atoms with Gasteiger partial charge in [-0.3, -0.25) is 14.8 Å². The molecular weight excluding hydrogens is 438 g/mol. The van der Waals surface area contributed by atoms with E-state index in [1.807, 2.05) is 36.7 Å². The number of rotatable bonds is 7. The summed E-state index contributed by atoms with van der Waals surface area (Å²) in [6, 6.07) is 9.75. The molecule has 0 bridgehead atoms. The summed E-state index contributed by atoms with van der Waals surface area (Å²) in [5.41, 5.74) is 1.58. The van der Waals surface area contributed by atoms with Crippen molar-refractivity contribution in [3.05, 3.63) is 65.6 Å². The second kappa shape index (κ2) is 10.3. The lowest BCUT2D eigenvalue weighted by Gasteiger charge is -2.32. The average molecular weight is 474 g/mol. The highest BCUT2D eigenvalue weighted by atomic mass is 16.3. The van der Waals surface area contributed by atoms with Gasteiger partial charge >= 0.3 is 0 Å². The predicted molar refractivity (Wildman–Crippen MR) is 137 cm³/mol. The fourth-order valence-corrected chi connectivity index (χ4v) is 5.25. The van der Waals surface area contributed by atoms with Crippen molar-refractivity contribution < 1.29 is 9.90 Å². The van der Waals surface area contributed by atoms with Gasteiger partial charge in [0.05, 0.1) is 12.1 Å². The minimum Gasteiger partial charge on any atom is -0.383 e. The number of aliphatic hydroxyl groups is 1. The molecule has 2 aliphatic heterocycles. The van der Waals surface area contributed by atoms with Crippen molar-refractivity contribution in [1.29, 1.82) is 0 Å². The first-order chi connectivity index (χ1) is 17.0. The maximum Gasteiger partial charge on any atom is 0.255 e. The van der Waals surface area contributed by atoms with Crippen LogP contribution in [0, 0.1) is 11.8 Å². The molecule has 35 heavy (non-hydrogen) atoms. The van der Waals surface area contributed by atoms with Gasteiger partial charge < -0.3 is 14.9 Å². The lowest BCUT2D eigenvalue weighted by atomic mass is 9.95. The number of aliphatic imine (C=N–C) groups is 1. The number of nitrogens with zero attached hydrogens (tertiary/aromatic N) is 5. The van der Waals surface area contributed by atoms with Crippen LogP contribution >= 0.6 is 0 Å². The zero-order valence-electron chi connectivity index (χ0n) is 20.5. The predicted octanol–water partition coefficient (Wildman–Crippen LogP) is 3.61. The molecule has 2 saturated heterocycles. The molecule has 1 amide bonds. The number of β-amino-alcohol motifs (C(OH)–C–C–N with tert-alkyl or cyclic N) is 1. The summed E-state index contributed by atoms with van der Waals surface area (Å²) >= 11 is 0. The van der Waals surface area contributed by atoms with Gasteiger partial charge in [0.2, 0.25) is 0 Å². The third kappa shape index (κ3) is 5.45. The standard InChI is InChI=1S/C28H35N5O2/c1-21(23-7-8-23)25(27(34)33-16-11-28(35,20-33)24-5-4-12-29-18-24)19-30-17-22-9-14-32(15-10-22)26-6-2-3-13-31-26/h2-6,12-13,18-19,22-23,35H,7-11,14-17,20H2,1H3/b25-21-,30-19-. The number of aromatic nitrogens is 2. The van der Waals surface area contributed by atoms with E-state index in [0.29, 0.717) is 36.9 Å². The van der Waals surface area contributed by atoms with Gasteiger partial charge in [0.15, 0.2) is 0 Å². The molecule has 3 aliphatic rings. The Labute approximate surface area is 207 Å². The second-order valence-corrected chi connectivity index (χ2v) is 10.2. The van der Waals surface area contributed by atoms with Gasteiger partial charge in [-0.1, -0.05) is 17.7 Å². The van der Waals surface area contributed by atoms with E-state index >= 15 is 0 Å². The van der Waals surface area contributed by atoms with E-state index < -0.39 is 5.60 Å². The van der Waals surface area contributed by atoms with Gasteiger partial charge in [-0.2, -0.15) is 0 Å². The molecular formula is C28H35N5O2. The second-order valence-electron chi connectivity index (χ2n) is 10.2. The minimum absolute atomic E-state index is 0.0112. The van der Waals surface area contributed by atoms with E-state index in [1.165, 1.54) is 0 Å². The van der Waals surface area contributed by atoms with Gasteiger partial charge in [0.1, 0.15) is 11.4 Å². The Bertz CT molecular complexity index is 1080. The number of allylic oxidation sites excluding steroid dienone is 1. The maximum atomic E-state index is 13.6. The molecule has 0 radical (unpaired) electrons. The first-order valence-electron chi connectivity index (χ1n) is 12.8. The first-order valence-corrected chi connectivity index (χ1v) is 12.8. The Morgan fingerprint density at radius 1 is 1.14 bits per heavy atom. The van der Waals surface area contributed by atoms with Crippen molar-refractivity contribution in [2.75, 3.05) is 37.6 Å².